The summed E-state index contributed by atoms with van der Waals surface area (Å²) in [5.74, 6) is -1.43. The van der Waals surface area contributed by atoms with Crippen LogP contribution >= 0.6 is 0 Å². The minimum Gasteiger partial charge on any atom is -0.496 e. The Hall–Kier alpha value is -3.86. The first-order chi connectivity index (χ1) is 19.0. The van der Waals surface area contributed by atoms with Crippen molar-refractivity contribution < 1.29 is 13.5 Å². The molecule has 5 heteroatoms. The quantitative estimate of drug-likeness (QED) is 0.253. The maximum absolute atomic E-state index is 12.6. The SMILES string of the molecule is Cc1ccc(-c2ccc3c(c2)N=CC3)cc1.[CH2]Cc1ccc(C(C)(F)F)nc1.[CH2]c1ccc(C(C)C)cc1OC. The molecule has 1 aliphatic rings. The van der Waals surface area contributed by atoms with Crippen LogP contribution in [0, 0.1) is 20.8 Å². The van der Waals surface area contributed by atoms with Crippen LogP contribution in [0.5, 0.6) is 5.75 Å². The first kappa shape index (κ1) is 30.7. The Morgan fingerprint density at radius 1 is 0.950 bits per heavy atom. The lowest BCUT2D eigenvalue weighted by molar-refractivity contribution is 0.0127. The smallest absolute Gasteiger partial charge is 0.286 e. The molecule has 0 saturated heterocycles. The molecule has 4 aromatic rings. The summed E-state index contributed by atoms with van der Waals surface area (Å²) in [6, 6.07) is 24.2. The van der Waals surface area contributed by atoms with Gasteiger partial charge in [-0.3, -0.25) is 9.98 Å². The maximum atomic E-state index is 12.6. The van der Waals surface area contributed by atoms with Crippen LogP contribution < -0.4 is 4.74 Å². The van der Waals surface area contributed by atoms with Gasteiger partial charge in [-0.25, -0.2) is 0 Å². The van der Waals surface area contributed by atoms with Gasteiger partial charge in [-0.1, -0.05) is 74.0 Å². The van der Waals surface area contributed by atoms with E-state index in [0.29, 0.717) is 12.3 Å². The number of methoxy groups -OCH3 is 1. The molecule has 5 rings (SSSR count). The third-order valence-electron chi connectivity index (χ3n) is 6.55. The summed E-state index contributed by atoms with van der Waals surface area (Å²) < 4.78 is 30.4. The highest BCUT2D eigenvalue weighted by molar-refractivity contribution is 5.79. The molecule has 0 bridgehead atoms. The molecule has 0 atom stereocenters. The zero-order valence-electron chi connectivity index (χ0n) is 24.0. The van der Waals surface area contributed by atoms with Crippen LogP contribution in [-0.4, -0.2) is 18.3 Å². The van der Waals surface area contributed by atoms with E-state index in [-0.39, 0.29) is 5.69 Å². The van der Waals surface area contributed by atoms with Crippen LogP contribution in [0.15, 0.2) is 84.0 Å². The fourth-order valence-electron chi connectivity index (χ4n) is 3.98. The topological polar surface area (TPSA) is 34.5 Å². The lowest BCUT2D eigenvalue weighted by atomic mass is 10.0. The molecule has 0 unspecified atom stereocenters. The number of pyridine rings is 1. The fourth-order valence-corrected chi connectivity index (χ4v) is 3.98. The van der Waals surface area contributed by atoms with Crippen LogP contribution in [0.4, 0.5) is 14.5 Å². The monoisotopic (exact) mass is 540 g/mol. The van der Waals surface area contributed by atoms with E-state index in [2.05, 4.69) is 93.1 Å². The molecule has 0 fully saturated rings. The zero-order valence-corrected chi connectivity index (χ0v) is 24.0. The molecule has 3 nitrogen and oxygen atoms in total. The summed E-state index contributed by atoms with van der Waals surface area (Å²) in [4.78, 5) is 8.01. The van der Waals surface area contributed by atoms with Crippen molar-refractivity contribution in [1.82, 2.24) is 4.98 Å². The van der Waals surface area contributed by atoms with Gasteiger partial charge in [0.05, 0.1) is 12.8 Å². The number of alkyl halides is 2. The maximum Gasteiger partial charge on any atom is 0.286 e. The van der Waals surface area contributed by atoms with Crippen molar-refractivity contribution in [3.63, 3.8) is 0 Å². The van der Waals surface area contributed by atoms with Gasteiger partial charge in [0, 0.05) is 25.8 Å². The van der Waals surface area contributed by atoms with Gasteiger partial charge in [-0.05, 0) is 84.7 Å². The van der Waals surface area contributed by atoms with E-state index in [9.17, 15) is 8.78 Å². The van der Waals surface area contributed by atoms with Gasteiger partial charge in [-0.15, -0.1) is 0 Å². The zero-order chi connectivity index (χ0) is 29.3. The Labute approximate surface area is 238 Å². The van der Waals surface area contributed by atoms with Crippen LogP contribution in [-0.2, 0) is 18.8 Å². The Morgan fingerprint density at radius 2 is 1.65 bits per heavy atom. The fraction of sp³-hybridized carbons (Fsp3) is 0.257. The van der Waals surface area contributed by atoms with Crippen molar-refractivity contribution in [2.24, 2.45) is 4.99 Å². The number of hydrogen-bond donors (Lipinski definition) is 0. The van der Waals surface area contributed by atoms with Crippen molar-refractivity contribution in [3.05, 3.63) is 126 Å². The van der Waals surface area contributed by atoms with Crippen LogP contribution in [0.1, 0.15) is 60.2 Å². The molecule has 0 N–H and O–H groups in total. The van der Waals surface area contributed by atoms with E-state index in [1.807, 2.05) is 18.3 Å². The number of hydrogen-bond acceptors (Lipinski definition) is 3. The van der Waals surface area contributed by atoms with E-state index >= 15 is 0 Å². The molecule has 0 saturated carbocycles. The highest BCUT2D eigenvalue weighted by Crippen LogP contribution is 2.30. The second kappa shape index (κ2) is 14.0. The third kappa shape index (κ3) is 8.57. The number of halogens is 2. The third-order valence-corrected chi connectivity index (χ3v) is 6.55. The predicted octanol–water partition coefficient (Wildman–Crippen LogP) is 9.49. The number of nitrogens with zero attached hydrogens (tertiary/aromatic N) is 2. The Morgan fingerprint density at radius 3 is 2.23 bits per heavy atom. The van der Waals surface area contributed by atoms with Crippen molar-refractivity contribution in [1.29, 1.82) is 0 Å². The molecule has 2 radical (unpaired) electrons. The van der Waals surface area contributed by atoms with Crippen molar-refractivity contribution in [3.8, 4) is 16.9 Å². The molecule has 0 spiro atoms. The molecular formula is C35H38F2N2O. The van der Waals surface area contributed by atoms with Crippen molar-refractivity contribution >= 4 is 11.9 Å². The van der Waals surface area contributed by atoms with Crippen LogP contribution in [0.25, 0.3) is 11.1 Å². The standard InChI is InChI=1S/C15H13N.C11H15O.C9H10F2N/c1-11-2-4-12(5-3-11)14-7-6-13-8-9-16-15(13)10-14;1-8(2)10-6-5-9(3)11(7-10)12-4;1-3-7-4-5-8(12-6-7)9(2,10)11/h2-7,9-10H,8H2,1H3;5-8H,3H2,1-2,4H3;4-6H,1,3H2,2H3. The number of aromatic nitrogens is 1. The molecule has 1 aliphatic heterocycles. The van der Waals surface area contributed by atoms with Crippen LogP contribution in [0.2, 0.25) is 0 Å². The number of aryl methyl sites for hydroxylation is 1. The molecule has 2 heterocycles. The lowest BCUT2D eigenvalue weighted by Crippen LogP contribution is -2.09. The summed E-state index contributed by atoms with van der Waals surface area (Å²) in [5, 5.41) is 0. The molecular weight excluding hydrogens is 502 g/mol. The highest BCUT2D eigenvalue weighted by Gasteiger charge is 2.25. The summed E-state index contributed by atoms with van der Waals surface area (Å²) in [7, 11) is 1.67. The van der Waals surface area contributed by atoms with Crippen molar-refractivity contribution in [2.45, 2.75) is 52.4 Å². The normalized spacial score (nSPS) is 11.8. The van der Waals surface area contributed by atoms with Gasteiger partial charge in [-0.2, -0.15) is 8.78 Å². The van der Waals surface area contributed by atoms with Gasteiger partial charge < -0.3 is 4.74 Å². The molecule has 1 aromatic heterocycles. The van der Waals surface area contributed by atoms with Gasteiger partial charge in [0.1, 0.15) is 11.4 Å². The van der Waals surface area contributed by atoms with E-state index in [1.165, 1.54) is 40.1 Å². The average molecular weight is 541 g/mol. The van der Waals surface area contributed by atoms with Gasteiger partial charge in [0.15, 0.2) is 0 Å². The number of aliphatic imine (C=N–C) groups is 1. The van der Waals surface area contributed by atoms with E-state index < -0.39 is 5.92 Å². The number of rotatable bonds is 5. The molecule has 0 amide bonds. The minimum atomic E-state index is -2.85. The van der Waals surface area contributed by atoms with Crippen molar-refractivity contribution in [2.75, 3.05) is 7.11 Å². The summed E-state index contributed by atoms with van der Waals surface area (Å²) in [6.45, 7) is 14.8. The summed E-state index contributed by atoms with van der Waals surface area (Å²) >= 11 is 0. The Kier molecular flexibility index (Phi) is 10.7. The lowest BCUT2D eigenvalue weighted by Gasteiger charge is -2.09. The largest absolute Gasteiger partial charge is 0.496 e. The van der Waals surface area contributed by atoms with Gasteiger partial charge in [0.25, 0.3) is 5.92 Å². The molecule has 40 heavy (non-hydrogen) atoms. The average Bonchev–Trinajstić information content (AvgIpc) is 3.42. The predicted molar refractivity (Wildman–Crippen MR) is 163 cm³/mol. The first-order valence-corrected chi connectivity index (χ1v) is 13.4. The van der Waals surface area contributed by atoms with Crippen LogP contribution in [0.3, 0.4) is 0 Å². The molecule has 3 aromatic carbocycles. The first-order valence-electron chi connectivity index (χ1n) is 13.4. The van der Waals surface area contributed by atoms with E-state index in [0.717, 1.165) is 35.9 Å². The van der Waals surface area contributed by atoms with E-state index in [4.69, 9.17) is 4.74 Å². The number of fused-ring (bicyclic) bond motifs is 1. The number of benzene rings is 3. The van der Waals surface area contributed by atoms with Gasteiger partial charge >= 0.3 is 0 Å². The Balaban J connectivity index is 0.000000169. The minimum absolute atomic E-state index is 0.195. The molecule has 0 aliphatic carbocycles. The Bertz CT molecular complexity index is 1400. The van der Waals surface area contributed by atoms with Gasteiger partial charge in [0.2, 0.25) is 0 Å². The second-order valence-electron chi connectivity index (χ2n) is 10.1. The second-order valence-corrected chi connectivity index (χ2v) is 10.1. The summed E-state index contributed by atoms with van der Waals surface area (Å²) in [6.07, 6.45) is 4.95. The highest BCUT2D eigenvalue weighted by atomic mass is 19.3. The van der Waals surface area contributed by atoms with E-state index in [1.54, 1.807) is 13.2 Å². The summed E-state index contributed by atoms with van der Waals surface area (Å²) in [5.41, 5.74) is 9.16. The number of ether oxygens (including phenoxy) is 1. The molecule has 208 valence electrons.